The van der Waals surface area contributed by atoms with Crippen LogP contribution in [0.2, 0.25) is 10.0 Å². The third kappa shape index (κ3) is 15.1. The fraction of sp³-hybridized carbons (Fsp3) is 0.240. The standard InChI is InChI=1S/C27H31ClNO5P.C23H21ClINO2.FH.H2/c1-4-33-35(31,34-5-2)17-16-32-19-21-11-7-9-13-26(21)29-22-14-15-24(25(28)18-22)27(30)23-12-8-6-10-20(23)3;1-16-6-2-4-8-19(16)23(27)20-11-10-18(14-21(20)24)26-22-9-5-3-7-17(22)15-28-13-12-25;;/h6-15,18,29H,4-5,16-17,19H2,1-3H3;2-11,14,26H,12-13,15H2,1H3;2*1H/i;;;1+2. The Morgan fingerprint density at radius 2 is 1.00 bits per heavy atom. The zero-order valence-corrected chi connectivity index (χ0v) is 40.8. The second-order valence-corrected chi connectivity index (χ2v) is 18.3. The van der Waals surface area contributed by atoms with Gasteiger partial charge in [0.15, 0.2) is 11.6 Å². The maximum absolute atomic E-state index is 13.0. The van der Waals surface area contributed by atoms with Crippen molar-refractivity contribution in [3.63, 3.8) is 0 Å². The molecule has 6 aromatic carbocycles. The molecule has 0 heterocycles. The first-order valence-electron chi connectivity index (χ1n) is 20.6. The summed E-state index contributed by atoms with van der Waals surface area (Å²) >= 11 is 15.2. The number of benzene rings is 6. The quantitative estimate of drug-likeness (QED) is 0.0239. The molecule has 0 bridgehead atoms. The van der Waals surface area contributed by atoms with Gasteiger partial charge < -0.3 is 29.2 Å². The van der Waals surface area contributed by atoms with Crippen molar-refractivity contribution in [2.24, 2.45) is 0 Å². The Morgan fingerprint density at radius 1 is 0.594 bits per heavy atom. The molecule has 340 valence electrons. The highest BCUT2D eigenvalue weighted by atomic mass is 127. The first-order chi connectivity index (χ1) is 30.5. The van der Waals surface area contributed by atoms with Crippen molar-refractivity contribution in [1.82, 2.24) is 0 Å². The third-order valence-corrected chi connectivity index (χ3v) is 12.8. The highest BCUT2D eigenvalue weighted by Crippen LogP contribution is 2.47. The molecule has 0 aliphatic rings. The van der Waals surface area contributed by atoms with Crippen LogP contribution in [0.4, 0.5) is 27.5 Å². The molecule has 6 aromatic rings. The maximum atomic E-state index is 13.0. The van der Waals surface area contributed by atoms with E-state index in [0.29, 0.717) is 58.7 Å². The molecule has 0 radical (unpaired) electrons. The first kappa shape index (κ1) is 52.2. The van der Waals surface area contributed by atoms with Gasteiger partial charge in [0.25, 0.3) is 0 Å². The Labute approximate surface area is 400 Å². The zero-order chi connectivity index (χ0) is 45.2. The molecule has 0 saturated carbocycles. The van der Waals surface area contributed by atoms with E-state index in [0.717, 1.165) is 56.0 Å². The molecular formula is C50H55Cl2FIN2O7P. The van der Waals surface area contributed by atoms with Crippen molar-refractivity contribution in [3.05, 3.63) is 188 Å². The van der Waals surface area contributed by atoms with E-state index >= 15 is 0 Å². The lowest BCUT2D eigenvalue weighted by Crippen LogP contribution is -2.07. The van der Waals surface area contributed by atoms with Gasteiger partial charge in [0.1, 0.15) is 0 Å². The second kappa shape index (κ2) is 26.5. The third-order valence-electron chi connectivity index (χ3n) is 9.70. The van der Waals surface area contributed by atoms with Crippen molar-refractivity contribution < 1.29 is 38.8 Å². The number of rotatable bonds is 21. The van der Waals surface area contributed by atoms with Gasteiger partial charge in [-0.25, -0.2) is 0 Å². The average molecular weight is 1050 g/mol. The van der Waals surface area contributed by atoms with Crippen molar-refractivity contribution in [3.8, 4) is 0 Å². The van der Waals surface area contributed by atoms with E-state index in [1.807, 2.05) is 117 Å². The molecule has 0 fully saturated rings. The molecule has 0 atom stereocenters. The Bertz CT molecular complexity index is 2520. The molecule has 0 unspecified atom stereocenters. The van der Waals surface area contributed by atoms with Gasteiger partial charge in [0.05, 0.1) is 55.8 Å². The van der Waals surface area contributed by atoms with E-state index in [2.05, 4.69) is 33.2 Å². The molecule has 9 nitrogen and oxygen atoms in total. The van der Waals surface area contributed by atoms with Crippen LogP contribution in [0.1, 0.15) is 69.4 Å². The summed E-state index contributed by atoms with van der Waals surface area (Å²) in [4.78, 5) is 25.8. The van der Waals surface area contributed by atoms with E-state index in [1.165, 1.54) is 0 Å². The number of ether oxygens (including phenoxy) is 2. The van der Waals surface area contributed by atoms with Crippen LogP contribution >= 0.6 is 53.4 Å². The zero-order valence-electron chi connectivity index (χ0n) is 36.2. The van der Waals surface area contributed by atoms with Crippen LogP contribution in [0.15, 0.2) is 133 Å². The van der Waals surface area contributed by atoms with Crippen LogP contribution in [-0.4, -0.2) is 48.6 Å². The summed E-state index contributed by atoms with van der Waals surface area (Å²) in [6.45, 7) is 9.87. The minimum atomic E-state index is -3.13. The number of aryl methyl sites for hydroxylation is 2. The minimum absolute atomic E-state index is 0. The summed E-state index contributed by atoms with van der Waals surface area (Å²) in [6, 6.07) is 41.5. The number of para-hydroxylation sites is 2. The molecule has 14 heteroatoms. The fourth-order valence-corrected chi connectivity index (χ4v) is 8.82. The van der Waals surface area contributed by atoms with E-state index in [9.17, 15) is 14.2 Å². The van der Waals surface area contributed by atoms with E-state index in [-0.39, 0.29) is 30.5 Å². The largest absolute Gasteiger partial charge is 0.376 e. The molecular weight excluding hydrogens is 988 g/mol. The van der Waals surface area contributed by atoms with Crippen LogP contribution in [0.3, 0.4) is 0 Å². The number of anilines is 4. The number of nitrogens with one attached hydrogen (secondary N) is 2. The first-order valence-corrected chi connectivity index (χ1v) is 24.6. The predicted molar refractivity (Wildman–Crippen MR) is 270 cm³/mol. The Balaban J connectivity index is 0.000000342. The molecule has 2 N–H and O–H groups in total. The summed E-state index contributed by atoms with van der Waals surface area (Å²) in [5, 5.41) is 7.53. The monoisotopic (exact) mass is 1040 g/mol. The molecule has 64 heavy (non-hydrogen) atoms. The van der Waals surface area contributed by atoms with Gasteiger partial charge in [-0.1, -0.05) is 131 Å². The second-order valence-electron chi connectivity index (χ2n) is 14.2. The van der Waals surface area contributed by atoms with Crippen LogP contribution in [0.5, 0.6) is 0 Å². The predicted octanol–water partition coefficient (Wildman–Crippen LogP) is 14.4. The molecule has 0 spiro atoms. The average Bonchev–Trinajstić information content (AvgIpc) is 3.27. The van der Waals surface area contributed by atoms with Crippen molar-refractivity contribution in [2.45, 2.75) is 40.9 Å². The lowest BCUT2D eigenvalue weighted by molar-refractivity contribution is 0.103. The lowest BCUT2D eigenvalue weighted by atomic mass is 9.99. The van der Waals surface area contributed by atoms with Crippen LogP contribution in [0.25, 0.3) is 0 Å². The number of carbonyl (C=O) groups excluding carboxylic acids is 2. The summed E-state index contributed by atoms with van der Waals surface area (Å²) < 4.78 is 35.6. The number of hydrogen-bond donors (Lipinski definition) is 2. The number of halogens is 4. The highest BCUT2D eigenvalue weighted by Gasteiger charge is 2.23. The SMILES string of the molecule is CCOP(=O)(CCOCc1ccccc1Nc1ccc(C(=O)c2ccccc2C)c(Cl)c1)OCC.Cc1ccccc1C(=O)c1ccc(Nc2ccccc2COCCI)cc1Cl.F.[3HH]. The van der Waals surface area contributed by atoms with Gasteiger partial charge in [-0.2, -0.15) is 0 Å². The summed E-state index contributed by atoms with van der Waals surface area (Å²) in [5.74, 6) is -0.174. The summed E-state index contributed by atoms with van der Waals surface area (Å²) in [5.41, 5.74) is 9.48. The summed E-state index contributed by atoms with van der Waals surface area (Å²) in [6.07, 6.45) is 0.191. The van der Waals surface area contributed by atoms with Gasteiger partial charge in [-0.3, -0.25) is 18.9 Å². The minimum Gasteiger partial charge on any atom is -0.376 e. The van der Waals surface area contributed by atoms with E-state index in [1.54, 1.807) is 44.2 Å². The smallest absolute Gasteiger partial charge is 0.332 e. The number of carbonyl (C=O) groups is 2. The normalized spacial score (nSPS) is 10.9. The molecule has 0 aliphatic carbocycles. The van der Waals surface area contributed by atoms with Gasteiger partial charge >= 0.3 is 7.60 Å². The number of hydrogen-bond acceptors (Lipinski definition) is 9. The van der Waals surface area contributed by atoms with Gasteiger partial charge in [-0.15, -0.1) is 0 Å². The number of alkyl halides is 1. The van der Waals surface area contributed by atoms with Crippen molar-refractivity contribution in [1.29, 1.82) is 0 Å². The van der Waals surface area contributed by atoms with Gasteiger partial charge in [0.2, 0.25) is 0 Å². The van der Waals surface area contributed by atoms with Crippen LogP contribution in [-0.2, 0) is 36.3 Å². The molecule has 0 saturated heterocycles. The topological polar surface area (TPSA) is 112 Å². The van der Waals surface area contributed by atoms with Gasteiger partial charge in [-0.05, 0) is 87.4 Å². The Morgan fingerprint density at radius 3 is 1.41 bits per heavy atom. The van der Waals surface area contributed by atoms with E-state index < -0.39 is 7.60 Å². The van der Waals surface area contributed by atoms with E-state index in [4.69, 9.17) is 41.7 Å². The van der Waals surface area contributed by atoms with Crippen molar-refractivity contribution >= 4 is 87.7 Å². The summed E-state index contributed by atoms with van der Waals surface area (Å²) in [7, 11) is -3.13. The molecule has 0 amide bonds. The Kier molecular flexibility index (Phi) is 21.6. The van der Waals surface area contributed by atoms with Gasteiger partial charge in [0, 0.05) is 62.0 Å². The lowest BCUT2D eigenvalue weighted by Gasteiger charge is -2.17. The van der Waals surface area contributed by atoms with Crippen LogP contribution < -0.4 is 10.6 Å². The Hall–Kier alpha value is -4.43. The highest BCUT2D eigenvalue weighted by molar-refractivity contribution is 14.1. The van der Waals surface area contributed by atoms with Crippen molar-refractivity contribution in [2.75, 3.05) is 47.7 Å². The maximum Gasteiger partial charge on any atom is 0.332 e. The fourth-order valence-electron chi connectivity index (χ4n) is 6.50. The molecule has 0 aliphatic heterocycles. The number of ketones is 2. The molecule has 6 rings (SSSR count). The molecule has 0 aromatic heterocycles. The van der Waals surface area contributed by atoms with Crippen LogP contribution in [0, 0.1) is 13.8 Å².